The lowest BCUT2D eigenvalue weighted by atomic mass is 10.0. The summed E-state index contributed by atoms with van der Waals surface area (Å²) in [6, 6.07) is 3.89. The van der Waals surface area contributed by atoms with E-state index in [-0.39, 0.29) is 6.10 Å². The predicted octanol–water partition coefficient (Wildman–Crippen LogP) is 2.43. The summed E-state index contributed by atoms with van der Waals surface area (Å²) in [6.07, 6.45) is 3.91. The zero-order chi connectivity index (χ0) is 12.0. The lowest BCUT2D eigenvalue weighted by Crippen LogP contribution is -2.11. The fourth-order valence-electron chi connectivity index (χ4n) is 1.78. The highest BCUT2D eigenvalue weighted by Crippen LogP contribution is 2.18. The van der Waals surface area contributed by atoms with Gasteiger partial charge in [-0.3, -0.25) is 0 Å². The van der Waals surface area contributed by atoms with Gasteiger partial charge in [0.05, 0.1) is 13.2 Å². The van der Waals surface area contributed by atoms with Crippen LogP contribution >= 0.6 is 0 Å². The number of pyridine rings is 1. The first-order valence-corrected chi connectivity index (χ1v) is 5.79. The first-order chi connectivity index (χ1) is 7.63. The topological polar surface area (TPSA) is 42.4 Å². The third kappa shape index (κ3) is 4.19. The summed E-state index contributed by atoms with van der Waals surface area (Å²) in [6.45, 7) is 4.24. The van der Waals surface area contributed by atoms with E-state index in [2.05, 4.69) is 18.8 Å². The van der Waals surface area contributed by atoms with E-state index in [9.17, 15) is 5.11 Å². The van der Waals surface area contributed by atoms with Crippen LogP contribution in [-0.4, -0.2) is 23.3 Å². The molecule has 1 aromatic heterocycles. The minimum absolute atomic E-state index is 0.232. The van der Waals surface area contributed by atoms with Crippen molar-refractivity contribution in [1.29, 1.82) is 0 Å². The second-order valence-electron chi connectivity index (χ2n) is 4.49. The van der Waals surface area contributed by atoms with Crippen LogP contribution in [0.5, 0.6) is 5.88 Å². The van der Waals surface area contributed by atoms with Gasteiger partial charge in [0.25, 0.3) is 0 Å². The first kappa shape index (κ1) is 13.0. The number of hydrogen-bond acceptors (Lipinski definition) is 3. The number of aryl methyl sites for hydroxylation is 1. The molecule has 1 N–H and O–H groups in total. The third-order valence-electron chi connectivity index (χ3n) is 2.53. The minimum Gasteiger partial charge on any atom is -0.481 e. The average Bonchev–Trinajstić information content (AvgIpc) is 2.26. The summed E-state index contributed by atoms with van der Waals surface area (Å²) in [5, 5.41) is 9.78. The number of aliphatic hydroxyl groups excluding tert-OH is 1. The third-order valence-corrected chi connectivity index (χ3v) is 2.53. The Morgan fingerprint density at radius 1 is 1.44 bits per heavy atom. The number of rotatable bonds is 6. The van der Waals surface area contributed by atoms with E-state index in [1.807, 2.05) is 12.1 Å². The maximum absolute atomic E-state index is 9.78. The van der Waals surface area contributed by atoms with Crippen LogP contribution in [0, 0.1) is 5.92 Å². The van der Waals surface area contributed by atoms with Crippen LogP contribution in [0.3, 0.4) is 0 Å². The molecule has 0 aromatic carbocycles. The lowest BCUT2D eigenvalue weighted by molar-refractivity contribution is 0.139. The molecule has 1 heterocycles. The van der Waals surface area contributed by atoms with Crippen LogP contribution in [0.15, 0.2) is 18.3 Å². The van der Waals surface area contributed by atoms with E-state index in [4.69, 9.17) is 4.74 Å². The molecule has 0 saturated carbocycles. The molecule has 1 aromatic rings. The summed E-state index contributed by atoms with van der Waals surface area (Å²) in [4.78, 5) is 4.13. The van der Waals surface area contributed by atoms with E-state index in [1.165, 1.54) is 0 Å². The number of aromatic nitrogens is 1. The van der Waals surface area contributed by atoms with E-state index in [1.54, 1.807) is 13.3 Å². The number of hydrogen-bond donors (Lipinski definition) is 1. The van der Waals surface area contributed by atoms with Crippen LogP contribution < -0.4 is 4.74 Å². The molecule has 0 aliphatic heterocycles. The van der Waals surface area contributed by atoms with Crippen LogP contribution in [0.1, 0.15) is 32.3 Å². The fourth-order valence-corrected chi connectivity index (χ4v) is 1.78. The molecule has 1 rings (SSSR count). The Bertz CT molecular complexity index is 313. The highest BCUT2D eigenvalue weighted by atomic mass is 16.5. The Kier molecular flexibility index (Phi) is 5.26. The normalized spacial score (nSPS) is 12.8. The minimum atomic E-state index is -0.232. The molecule has 1 unspecified atom stereocenters. The SMILES string of the molecule is COc1ncccc1CCC(O)CC(C)C. The van der Waals surface area contributed by atoms with Crippen LogP contribution in [0.25, 0.3) is 0 Å². The van der Waals surface area contributed by atoms with Crippen molar-refractivity contribution in [3.8, 4) is 5.88 Å². The second kappa shape index (κ2) is 6.48. The Morgan fingerprint density at radius 3 is 2.81 bits per heavy atom. The molecule has 1 atom stereocenters. The van der Waals surface area contributed by atoms with Crippen molar-refractivity contribution in [2.45, 2.75) is 39.2 Å². The van der Waals surface area contributed by atoms with Crippen molar-refractivity contribution in [2.75, 3.05) is 7.11 Å². The van der Waals surface area contributed by atoms with Gasteiger partial charge in [-0.25, -0.2) is 4.98 Å². The molecule has 0 aliphatic rings. The van der Waals surface area contributed by atoms with Crippen molar-refractivity contribution >= 4 is 0 Å². The molecule has 0 amide bonds. The lowest BCUT2D eigenvalue weighted by Gasteiger charge is -2.13. The molecular formula is C13H21NO2. The van der Waals surface area contributed by atoms with Crippen molar-refractivity contribution in [1.82, 2.24) is 4.98 Å². The van der Waals surface area contributed by atoms with Gasteiger partial charge < -0.3 is 9.84 Å². The van der Waals surface area contributed by atoms with Gasteiger partial charge >= 0.3 is 0 Å². The van der Waals surface area contributed by atoms with Crippen molar-refractivity contribution in [2.24, 2.45) is 5.92 Å². The Hall–Kier alpha value is -1.09. The van der Waals surface area contributed by atoms with Gasteiger partial charge in [-0.2, -0.15) is 0 Å². The van der Waals surface area contributed by atoms with E-state index >= 15 is 0 Å². The summed E-state index contributed by atoms with van der Waals surface area (Å²) in [5.74, 6) is 1.20. The van der Waals surface area contributed by atoms with Crippen molar-refractivity contribution in [3.63, 3.8) is 0 Å². The second-order valence-corrected chi connectivity index (χ2v) is 4.49. The molecule has 16 heavy (non-hydrogen) atoms. The maximum atomic E-state index is 9.78. The van der Waals surface area contributed by atoms with Gasteiger partial charge in [-0.15, -0.1) is 0 Å². The van der Waals surface area contributed by atoms with Crippen LogP contribution in [0.4, 0.5) is 0 Å². The Morgan fingerprint density at radius 2 is 2.19 bits per heavy atom. The van der Waals surface area contributed by atoms with Gasteiger partial charge in [0.1, 0.15) is 0 Å². The first-order valence-electron chi connectivity index (χ1n) is 5.79. The van der Waals surface area contributed by atoms with Gasteiger partial charge in [-0.1, -0.05) is 19.9 Å². The summed E-state index contributed by atoms with van der Waals surface area (Å²) >= 11 is 0. The molecule has 90 valence electrons. The van der Waals surface area contributed by atoms with Gasteiger partial charge in [-0.05, 0) is 31.2 Å². The average molecular weight is 223 g/mol. The summed E-state index contributed by atoms with van der Waals surface area (Å²) < 4.78 is 5.17. The summed E-state index contributed by atoms with van der Waals surface area (Å²) in [5.41, 5.74) is 1.06. The van der Waals surface area contributed by atoms with Gasteiger partial charge in [0.15, 0.2) is 0 Å². The maximum Gasteiger partial charge on any atom is 0.216 e. The predicted molar refractivity (Wildman–Crippen MR) is 64.6 cm³/mol. The number of ether oxygens (including phenoxy) is 1. The fraction of sp³-hybridized carbons (Fsp3) is 0.615. The molecule has 3 nitrogen and oxygen atoms in total. The zero-order valence-electron chi connectivity index (χ0n) is 10.3. The largest absolute Gasteiger partial charge is 0.481 e. The van der Waals surface area contributed by atoms with E-state index in [0.29, 0.717) is 11.8 Å². The molecular weight excluding hydrogens is 202 g/mol. The molecule has 0 radical (unpaired) electrons. The van der Waals surface area contributed by atoms with E-state index in [0.717, 1.165) is 24.8 Å². The number of aliphatic hydroxyl groups is 1. The van der Waals surface area contributed by atoms with Gasteiger partial charge in [0, 0.05) is 11.8 Å². The number of methoxy groups -OCH3 is 1. The smallest absolute Gasteiger partial charge is 0.216 e. The monoisotopic (exact) mass is 223 g/mol. The highest BCUT2D eigenvalue weighted by molar-refractivity contribution is 5.25. The van der Waals surface area contributed by atoms with Crippen LogP contribution in [0.2, 0.25) is 0 Å². The summed E-state index contributed by atoms with van der Waals surface area (Å²) in [7, 11) is 1.62. The molecule has 0 spiro atoms. The van der Waals surface area contributed by atoms with E-state index < -0.39 is 0 Å². The number of nitrogens with zero attached hydrogens (tertiary/aromatic N) is 1. The Labute approximate surface area is 97.5 Å². The quantitative estimate of drug-likeness (QED) is 0.805. The molecule has 0 aliphatic carbocycles. The molecule has 0 fully saturated rings. The Balaban J connectivity index is 2.47. The van der Waals surface area contributed by atoms with Gasteiger partial charge in [0.2, 0.25) is 5.88 Å². The van der Waals surface area contributed by atoms with Crippen molar-refractivity contribution < 1.29 is 9.84 Å². The van der Waals surface area contributed by atoms with Crippen LogP contribution in [-0.2, 0) is 6.42 Å². The molecule has 0 bridgehead atoms. The zero-order valence-corrected chi connectivity index (χ0v) is 10.3. The molecule has 3 heteroatoms. The highest BCUT2D eigenvalue weighted by Gasteiger charge is 2.09. The van der Waals surface area contributed by atoms with Crippen molar-refractivity contribution in [3.05, 3.63) is 23.9 Å². The standard InChI is InChI=1S/C13H21NO2/c1-10(2)9-12(15)7-6-11-5-4-8-14-13(11)16-3/h4-5,8,10,12,15H,6-7,9H2,1-3H3. The molecule has 0 saturated heterocycles.